The van der Waals surface area contributed by atoms with Crippen LogP contribution in [0.25, 0.3) is 0 Å². The summed E-state index contributed by atoms with van der Waals surface area (Å²) in [6, 6.07) is 6.31. The summed E-state index contributed by atoms with van der Waals surface area (Å²) in [4.78, 5) is 14.2. The molecule has 0 spiro atoms. The third kappa shape index (κ3) is 3.57. The molecule has 0 saturated carbocycles. The maximum atomic E-state index is 12.4. The lowest BCUT2D eigenvalue weighted by Gasteiger charge is -2.31. The second-order valence-electron chi connectivity index (χ2n) is 5.45. The van der Waals surface area contributed by atoms with Crippen LogP contribution in [0.1, 0.15) is 43.4 Å². The second-order valence-corrected chi connectivity index (χ2v) is 5.45. The minimum Gasteiger partial charge on any atom is -0.340 e. The lowest BCUT2D eigenvalue weighted by molar-refractivity contribution is -0.136. The quantitative estimate of drug-likeness (QED) is 0.887. The lowest BCUT2D eigenvalue weighted by Crippen LogP contribution is -2.53. The molecule has 106 valence electrons. The van der Waals surface area contributed by atoms with Crippen LogP contribution in [0.5, 0.6) is 0 Å². The van der Waals surface area contributed by atoms with Gasteiger partial charge in [-0.25, -0.2) is 0 Å². The second kappa shape index (κ2) is 6.20. The van der Waals surface area contributed by atoms with Crippen LogP contribution >= 0.6 is 0 Å². The number of benzene rings is 1. The van der Waals surface area contributed by atoms with E-state index < -0.39 is 5.54 Å². The van der Waals surface area contributed by atoms with Gasteiger partial charge in [0.2, 0.25) is 5.91 Å². The first-order valence-electron chi connectivity index (χ1n) is 6.94. The van der Waals surface area contributed by atoms with Crippen molar-refractivity contribution in [3.63, 3.8) is 0 Å². The van der Waals surface area contributed by atoms with Gasteiger partial charge in [0.25, 0.3) is 0 Å². The highest BCUT2D eigenvalue weighted by Crippen LogP contribution is 2.18. The molecule has 19 heavy (non-hydrogen) atoms. The van der Waals surface area contributed by atoms with Gasteiger partial charge in [0.05, 0.1) is 5.54 Å². The minimum atomic E-state index is -0.729. The molecular weight excluding hydrogens is 236 g/mol. The zero-order valence-corrected chi connectivity index (χ0v) is 12.8. The van der Waals surface area contributed by atoms with Crippen molar-refractivity contribution < 1.29 is 4.79 Å². The number of amides is 1. The van der Waals surface area contributed by atoms with E-state index in [2.05, 4.69) is 32.0 Å². The van der Waals surface area contributed by atoms with Crippen LogP contribution < -0.4 is 5.73 Å². The van der Waals surface area contributed by atoms with Gasteiger partial charge in [0.1, 0.15) is 0 Å². The minimum absolute atomic E-state index is 0.0254. The zero-order chi connectivity index (χ0) is 14.6. The number of nitrogens with two attached hydrogens (primary N) is 1. The Morgan fingerprint density at radius 1 is 1.26 bits per heavy atom. The molecular formula is C16H26N2O. The Bertz CT molecular complexity index is 450. The maximum Gasteiger partial charge on any atom is 0.242 e. The number of carbonyl (C=O) groups excluding carboxylic acids is 1. The van der Waals surface area contributed by atoms with Crippen LogP contribution in [0.4, 0.5) is 0 Å². The molecule has 3 heteroatoms. The summed E-state index contributed by atoms with van der Waals surface area (Å²) in [6.45, 7) is 8.70. The highest BCUT2D eigenvalue weighted by molar-refractivity contribution is 5.85. The monoisotopic (exact) mass is 262 g/mol. The van der Waals surface area contributed by atoms with Crippen LogP contribution in [0, 0.1) is 13.8 Å². The molecule has 0 atom stereocenters. The molecule has 0 heterocycles. The first-order chi connectivity index (χ1) is 8.84. The number of rotatable bonds is 5. The molecule has 0 aromatic heterocycles. The number of hydrogen-bond acceptors (Lipinski definition) is 2. The predicted molar refractivity (Wildman–Crippen MR) is 79.9 cm³/mol. The van der Waals surface area contributed by atoms with E-state index in [0.29, 0.717) is 19.4 Å². The van der Waals surface area contributed by atoms with Crippen molar-refractivity contribution in [3.05, 3.63) is 34.9 Å². The first-order valence-corrected chi connectivity index (χ1v) is 6.94. The van der Waals surface area contributed by atoms with E-state index in [0.717, 1.165) is 0 Å². The molecule has 1 aromatic carbocycles. The Morgan fingerprint density at radius 2 is 1.84 bits per heavy atom. The summed E-state index contributed by atoms with van der Waals surface area (Å²) in [5.41, 5.74) is 9.07. The van der Waals surface area contributed by atoms with Crippen molar-refractivity contribution in [2.75, 3.05) is 7.05 Å². The van der Waals surface area contributed by atoms with E-state index >= 15 is 0 Å². The Balaban J connectivity index is 2.85. The fourth-order valence-corrected chi connectivity index (χ4v) is 2.28. The Hall–Kier alpha value is -1.35. The normalized spacial score (nSPS) is 11.5. The van der Waals surface area contributed by atoms with E-state index in [1.54, 1.807) is 4.90 Å². The van der Waals surface area contributed by atoms with Crippen molar-refractivity contribution >= 4 is 5.91 Å². The van der Waals surface area contributed by atoms with Gasteiger partial charge in [-0.2, -0.15) is 0 Å². The average molecular weight is 262 g/mol. The maximum absolute atomic E-state index is 12.4. The fraction of sp³-hybridized carbons (Fsp3) is 0.562. The van der Waals surface area contributed by atoms with Gasteiger partial charge in [0, 0.05) is 13.6 Å². The zero-order valence-electron chi connectivity index (χ0n) is 12.8. The summed E-state index contributed by atoms with van der Waals surface area (Å²) in [6.07, 6.45) is 1.33. The summed E-state index contributed by atoms with van der Waals surface area (Å²) in [5.74, 6) is 0.0254. The molecule has 1 amide bonds. The van der Waals surface area contributed by atoms with Gasteiger partial charge in [-0.05, 0) is 37.8 Å². The average Bonchev–Trinajstić information content (AvgIpc) is 2.40. The molecule has 0 aliphatic heterocycles. The number of carbonyl (C=O) groups is 1. The van der Waals surface area contributed by atoms with Crippen molar-refractivity contribution in [1.82, 2.24) is 4.90 Å². The van der Waals surface area contributed by atoms with E-state index in [1.807, 2.05) is 20.9 Å². The number of aryl methyl sites for hydroxylation is 2. The van der Waals surface area contributed by atoms with Gasteiger partial charge in [-0.1, -0.05) is 37.6 Å². The summed E-state index contributed by atoms with van der Waals surface area (Å²) < 4.78 is 0. The van der Waals surface area contributed by atoms with Crippen molar-refractivity contribution in [3.8, 4) is 0 Å². The molecule has 0 fully saturated rings. The van der Waals surface area contributed by atoms with Crippen molar-refractivity contribution in [1.29, 1.82) is 0 Å². The van der Waals surface area contributed by atoms with Gasteiger partial charge < -0.3 is 10.6 Å². The molecule has 0 bridgehead atoms. The molecule has 1 aromatic rings. The molecule has 0 aliphatic carbocycles. The smallest absolute Gasteiger partial charge is 0.242 e. The third-order valence-electron chi connectivity index (χ3n) is 3.94. The van der Waals surface area contributed by atoms with Gasteiger partial charge in [-0.3, -0.25) is 4.79 Å². The lowest BCUT2D eigenvalue weighted by atomic mass is 9.92. The summed E-state index contributed by atoms with van der Waals surface area (Å²) in [5, 5.41) is 0. The van der Waals surface area contributed by atoms with E-state index in [-0.39, 0.29) is 5.91 Å². The third-order valence-corrected chi connectivity index (χ3v) is 3.94. The first kappa shape index (κ1) is 15.7. The highest BCUT2D eigenvalue weighted by atomic mass is 16.2. The summed E-state index contributed by atoms with van der Waals surface area (Å²) >= 11 is 0. The van der Waals surface area contributed by atoms with Crippen molar-refractivity contribution in [2.24, 2.45) is 5.73 Å². The topological polar surface area (TPSA) is 46.3 Å². The van der Waals surface area contributed by atoms with E-state index in [9.17, 15) is 4.79 Å². The van der Waals surface area contributed by atoms with Crippen molar-refractivity contribution in [2.45, 2.75) is 52.6 Å². The van der Waals surface area contributed by atoms with Crippen LogP contribution in [0.3, 0.4) is 0 Å². The molecule has 2 N–H and O–H groups in total. The molecule has 0 radical (unpaired) electrons. The van der Waals surface area contributed by atoms with Gasteiger partial charge in [-0.15, -0.1) is 0 Å². The largest absolute Gasteiger partial charge is 0.340 e. The Kier molecular flexibility index (Phi) is 5.12. The van der Waals surface area contributed by atoms with E-state index in [4.69, 9.17) is 5.73 Å². The predicted octanol–water partition coefficient (Wildman–Crippen LogP) is 2.78. The van der Waals surface area contributed by atoms with Gasteiger partial charge >= 0.3 is 0 Å². The molecule has 1 rings (SSSR count). The Morgan fingerprint density at radius 3 is 2.32 bits per heavy atom. The number of nitrogens with zero attached hydrogens (tertiary/aromatic N) is 1. The van der Waals surface area contributed by atoms with Crippen LogP contribution in [-0.2, 0) is 11.3 Å². The molecule has 3 nitrogen and oxygen atoms in total. The molecule has 0 saturated heterocycles. The highest BCUT2D eigenvalue weighted by Gasteiger charge is 2.32. The number of likely N-dealkylation sites (N-methyl/N-ethyl adjacent to an activating group) is 1. The molecule has 0 unspecified atom stereocenters. The van der Waals surface area contributed by atoms with Gasteiger partial charge in [0.15, 0.2) is 0 Å². The standard InChI is InChI=1S/C16H26N2O/c1-6-16(17,7-2)15(19)18(5)11-14-9-8-12(3)10-13(14)4/h8-10H,6-7,11,17H2,1-5H3. The fourth-order valence-electron chi connectivity index (χ4n) is 2.28. The van der Waals surface area contributed by atoms with Crippen LogP contribution in [0.2, 0.25) is 0 Å². The SMILES string of the molecule is CCC(N)(CC)C(=O)N(C)Cc1ccc(C)cc1C. The number of hydrogen-bond donors (Lipinski definition) is 1. The molecule has 0 aliphatic rings. The van der Waals surface area contributed by atoms with Crippen LogP contribution in [-0.4, -0.2) is 23.4 Å². The Labute approximate surface area is 116 Å². The summed E-state index contributed by atoms with van der Waals surface area (Å²) in [7, 11) is 1.83. The van der Waals surface area contributed by atoms with E-state index in [1.165, 1.54) is 16.7 Å². The van der Waals surface area contributed by atoms with Crippen LogP contribution in [0.15, 0.2) is 18.2 Å².